The molecule has 0 radical (unpaired) electrons. The number of aromatic amines is 1. The molecule has 136 valence electrons. The van der Waals surface area contributed by atoms with Crippen molar-refractivity contribution in [2.75, 3.05) is 13.2 Å². The summed E-state index contributed by atoms with van der Waals surface area (Å²) < 4.78 is 13.3. The van der Waals surface area contributed by atoms with Crippen molar-refractivity contribution in [3.05, 3.63) is 32.6 Å². The Bertz CT molecular complexity index is 704. The van der Waals surface area contributed by atoms with Crippen molar-refractivity contribution >= 4 is 8.32 Å². The highest BCUT2D eigenvalue weighted by atomic mass is 28.4. The number of nitrogens with one attached hydrogen (secondary N) is 1. The second kappa shape index (κ2) is 6.59. The van der Waals surface area contributed by atoms with Crippen LogP contribution in [-0.2, 0) is 9.16 Å². The van der Waals surface area contributed by atoms with Crippen molar-refractivity contribution in [3.8, 4) is 0 Å². The number of aromatic nitrogens is 2. The van der Waals surface area contributed by atoms with Crippen LogP contribution in [0.2, 0.25) is 18.1 Å². The molecule has 2 rings (SSSR count). The standard InChI is InChI=1S/C16H28N2O5Si/c1-10-7-18(15(21)17-13(10)20)14-11(8-19)12(23-14)9-22-24(5,6)16(2,3)4/h7,11-12,14,19H,8-9H2,1-6H3,(H,17,20,21)/t11-,12-,14-/m1/s1. The van der Waals surface area contributed by atoms with Gasteiger partial charge in [0.2, 0.25) is 0 Å². The molecule has 0 aliphatic carbocycles. The van der Waals surface area contributed by atoms with Crippen molar-refractivity contribution in [3.63, 3.8) is 0 Å². The van der Waals surface area contributed by atoms with E-state index in [9.17, 15) is 14.7 Å². The fourth-order valence-electron chi connectivity index (χ4n) is 2.40. The molecule has 1 fully saturated rings. The Morgan fingerprint density at radius 1 is 1.38 bits per heavy atom. The van der Waals surface area contributed by atoms with Gasteiger partial charge in [-0.05, 0) is 25.1 Å². The van der Waals surface area contributed by atoms with Gasteiger partial charge in [-0.1, -0.05) is 20.8 Å². The Morgan fingerprint density at radius 2 is 2.00 bits per heavy atom. The third-order valence-electron chi connectivity index (χ3n) is 5.20. The maximum absolute atomic E-state index is 12.0. The second-order valence-corrected chi connectivity index (χ2v) is 12.8. The molecule has 1 aliphatic heterocycles. The van der Waals surface area contributed by atoms with Crippen molar-refractivity contribution in [1.82, 2.24) is 9.55 Å². The average Bonchev–Trinajstić information content (AvgIpc) is 2.42. The van der Waals surface area contributed by atoms with E-state index < -0.39 is 25.8 Å². The largest absolute Gasteiger partial charge is 0.414 e. The summed E-state index contributed by atoms with van der Waals surface area (Å²) in [5, 5.41) is 9.78. The van der Waals surface area contributed by atoms with Crippen LogP contribution in [0, 0.1) is 12.8 Å². The molecule has 8 heteroatoms. The van der Waals surface area contributed by atoms with E-state index in [-0.39, 0.29) is 23.7 Å². The first-order valence-corrected chi connectivity index (χ1v) is 11.1. The summed E-state index contributed by atoms with van der Waals surface area (Å²) in [4.78, 5) is 25.7. The van der Waals surface area contributed by atoms with Crippen LogP contribution in [0.1, 0.15) is 32.6 Å². The summed E-state index contributed by atoms with van der Waals surface area (Å²) in [5.41, 5.74) is -0.511. The van der Waals surface area contributed by atoms with Gasteiger partial charge in [-0.15, -0.1) is 0 Å². The van der Waals surface area contributed by atoms with Gasteiger partial charge in [0.15, 0.2) is 8.32 Å². The SMILES string of the molecule is Cc1cn([C@@H]2O[C@H](CO[Si](C)(C)C(C)(C)C)[C@H]2CO)c(=O)[nH]c1=O. The maximum atomic E-state index is 12.0. The van der Waals surface area contributed by atoms with E-state index in [2.05, 4.69) is 38.8 Å². The summed E-state index contributed by atoms with van der Waals surface area (Å²) in [6.45, 7) is 12.7. The highest BCUT2D eigenvalue weighted by Gasteiger charge is 2.46. The maximum Gasteiger partial charge on any atom is 0.330 e. The first-order chi connectivity index (χ1) is 11.0. The number of ether oxygens (including phenoxy) is 1. The molecule has 7 nitrogen and oxygen atoms in total. The van der Waals surface area contributed by atoms with Crippen LogP contribution >= 0.6 is 0 Å². The van der Waals surface area contributed by atoms with E-state index in [0.29, 0.717) is 12.2 Å². The van der Waals surface area contributed by atoms with Gasteiger partial charge in [0.05, 0.1) is 25.2 Å². The molecule has 1 saturated heterocycles. The van der Waals surface area contributed by atoms with Gasteiger partial charge in [-0.25, -0.2) is 4.79 Å². The Labute approximate surface area is 142 Å². The number of H-pyrrole nitrogens is 1. The van der Waals surface area contributed by atoms with Crippen molar-refractivity contribution in [1.29, 1.82) is 0 Å². The predicted molar refractivity (Wildman–Crippen MR) is 93.7 cm³/mol. The van der Waals surface area contributed by atoms with E-state index >= 15 is 0 Å². The molecule has 2 heterocycles. The van der Waals surface area contributed by atoms with Crippen LogP contribution < -0.4 is 11.2 Å². The molecule has 1 aliphatic rings. The van der Waals surface area contributed by atoms with E-state index in [4.69, 9.17) is 9.16 Å². The summed E-state index contributed by atoms with van der Waals surface area (Å²) in [6.07, 6.45) is 0.638. The average molecular weight is 356 g/mol. The molecule has 0 aromatic carbocycles. The van der Waals surface area contributed by atoms with Crippen LogP contribution in [-0.4, -0.2) is 42.3 Å². The molecule has 3 atom stereocenters. The minimum atomic E-state index is -1.90. The number of nitrogens with zero attached hydrogens (tertiary/aromatic N) is 1. The smallest absolute Gasteiger partial charge is 0.330 e. The third kappa shape index (κ3) is 3.56. The molecular weight excluding hydrogens is 328 g/mol. The topological polar surface area (TPSA) is 93.6 Å². The van der Waals surface area contributed by atoms with Crippen LogP contribution in [0.4, 0.5) is 0 Å². The van der Waals surface area contributed by atoms with Crippen molar-refractivity contribution in [2.45, 2.75) is 58.2 Å². The van der Waals surface area contributed by atoms with E-state index in [1.165, 1.54) is 10.8 Å². The normalized spacial score (nSPS) is 24.7. The van der Waals surface area contributed by atoms with E-state index in [1.807, 2.05) is 0 Å². The number of hydrogen-bond donors (Lipinski definition) is 2. The van der Waals surface area contributed by atoms with Gasteiger partial charge < -0.3 is 14.3 Å². The number of aliphatic hydroxyl groups is 1. The first-order valence-electron chi connectivity index (χ1n) is 8.20. The zero-order chi connectivity index (χ0) is 18.3. The third-order valence-corrected chi connectivity index (χ3v) is 9.70. The van der Waals surface area contributed by atoms with Gasteiger partial charge >= 0.3 is 5.69 Å². The Kier molecular flexibility index (Phi) is 5.24. The lowest BCUT2D eigenvalue weighted by Gasteiger charge is -2.46. The Balaban J connectivity index is 2.09. The molecule has 0 saturated carbocycles. The lowest BCUT2D eigenvalue weighted by atomic mass is 9.95. The second-order valence-electron chi connectivity index (χ2n) is 7.96. The van der Waals surface area contributed by atoms with Crippen LogP contribution in [0.3, 0.4) is 0 Å². The number of rotatable bonds is 5. The van der Waals surface area contributed by atoms with E-state index in [0.717, 1.165) is 0 Å². The van der Waals surface area contributed by atoms with Gasteiger partial charge in [-0.3, -0.25) is 14.3 Å². The minimum Gasteiger partial charge on any atom is -0.414 e. The zero-order valence-electron chi connectivity index (χ0n) is 15.3. The highest BCUT2D eigenvalue weighted by molar-refractivity contribution is 6.74. The molecule has 2 N–H and O–H groups in total. The monoisotopic (exact) mass is 356 g/mol. The lowest BCUT2D eigenvalue weighted by molar-refractivity contribution is -0.244. The van der Waals surface area contributed by atoms with Gasteiger partial charge in [0.25, 0.3) is 5.56 Å². The lowest BCUT2D eigenvalue weighted by Crippen LogP contribution is -2.55. The minimum absolute atomic E-state index is 0.0951. The van der Waals surface area contributed by atoms with Crippen molar-refractivity contribution in [2.24, 2.45) is 5.92 Å². The van der Waals surface area contributed by atoms with Gasteiger partial charge in [-0.2, -0.15) is 0 Å². The molecule has 0 spiro atoms. The fraction of sp³-hybridized carbons (Fsp3) is 0.750. The number of aryl methyl sites for hydroxylation is 1. The zero-order valence-corrected chi connectivity index (χ0v) is 16.3. The summed E-state index contributed by atoms with van der Waals surface area (Å²) >= 11 is 0. The summed E-state index contributed by atoms with van der Waals surface area (Å²) in [7, 11) is -1.90. The highest BCUT2D eigenvalue weighted by Crippen LogP contribution is 2.40. The summed E-state index contributed by atoms with van der Waals surface area (Å²) in [6, 6.07) is 0. The van der Waals surface area contributed by atoms with Crippen LogP contribution in [0.15, 0.2) is 15.8 Å². The van der Waals surface area contributed by atoms with Gasteiger partial charge in [0.1, 0.15) is 6.23 Å². The Hall–Kier alpha value is -1.22. The van der Waals surface area contributed by atoms with Crippen LogP contribution in [0.5, 0.6) is 0 Å². The number of aliphatic hydroxyl groups excluding tert-OH is 1. The molecule has 0 unspecified atom stereocenters. The molecule has 24 heavy (non-hydrogen) atoms. The molecular formula is C16H28N2O5Si. The Morgan fingerprint density at radius 3 is 2.54 bits per heavy atom. The molecule has 1 aromatic heterocycles. The molecule has 0 amide bonds. The fourth-order valence-corrected chi connectivity index (χ4v) is 3.41. The molecule has 1 aromatic rings. The summed E-state index contributed by atoms with van der Waals surface area (Å²) in [5.74, 6) is -0.238. The number of hydrogen-bond acceptors (Lipinski definition) is 5. The first kappa shape index (κ1) is 19.1. The van der Waals surface area contributed by atoms with E-state index in [1.54, 1.807) is 6.92 Å². The van der Waals surface area contributed by atoms with Crippen LogP contribution in [0.25, 0.3) is 0 Å². The predicted octanol–water partition coefficient (Wildman–Crippen LogP) is 1.37. The van der Waals surface area contributed by atoms with Crippen molar-refractivity contribution < 1.29 is 14.3 Å². The van der Waals surface area contributed by atoms with Gasteiger partial charge in [0, 0.05) is 11.8 Å². The molecule has 0 bridgehead atoms. The quantitative estimate of drug-likeness (QED) is 0.777.